The van der Waals surface area contributed by atoms with E-state index in [0.29, 0.717) is 183 Å². The maximum absolute atomic E-state index is 5.59. The van der Waals surface area contributed by atoms with Crippen LogP contribution < -0.4 is 9.05 Å². The Hall–Kier alpha value is -1.31. The number of hydrogen-bond donors (Lipinski definition) is 0. The second-order valence-electron chi connectivity index (χ2n) is 12.4. The van der Waals surface area contributed by atoms with E-state index in [1.807, 2.05) is 24.3 Å². The van der Waals surface area contributed by atoms with Crippen molar-refractivity contribution in [3.05, 3.63) is 24.3 Å². The molecule has 1 aromatic carbocycles. The molecule has 0 fully saturated rings. The van der Waals surface area contributed by atoms with Crippen molar-refractivity contribution in [2.45, 2.75) is 45.4 Å². The summed E-state index contributed by atoms with van der Waals surface area (Å²) in [6.45, 7) is 16.3. The van der Waals surface area contributed by atoms with Crippen molar-refractivity contribution in [3.8, 4) is 11.5 Å². The van der Waals surface area contributed by atoms with Crippen LogP contribution in [0, 0.1) is 0 Å². The van der Waals surface area contributed by atoms with Gasteiger partial charge in [0.25, 0.3) is 0 Å². The number of rotatable bonds is 47. The highest BCUT2D eigenvalue weighted by Gasteiger charge is 2.27. The summed E-state index contributed by atoms with van der Waals surface area (Å²) < 4.78 is 88.4. The minimum absolute atomic E-state index is 0.386. The molecule has 16 nitrogen and oxygen atoms in total. The molecule has 0 saturated heterocycles. The Balaban J connectivity index is 1.11. The van der Waals surface area contributed by atoms with E-state index in [4.69, 9.17) is 75.2 Å². The van der Waals surface area contributed by atoms with Crippen molar-refractivity contribution in [2.75, 3.05) is 178 Å². The van der Waals surface area contributed by atoms with Gasteiger partial charge in [0.05, 0.1) is 172 Å². The highest BCUT2D eigenvalue weighted by Crippen LogP contribution is 2.52. The lowest BCUT2D eigenvalue weighted by Crippen LogP contribution is -2.15. The van der Waals surface area contributed by atoms with E-state index in [1.165, 1.54) is 32.1 Å². The van der Waals surface area contributed by atoms with Gasteiger partial charge >= 0.3 is 8.60 Å². The molecule has 0 amide bonds. The molecule has 0 atom stereocenters. The standard InChI is InChI=1S/C40H73O16P/c1-2-3-4-5-6-9-12-41-13-14-42-15-16-43-17-18-44-19-20-45-21-22-46-23-24-47-25-26-48-27-28-49-29-30-50-31-32-51-33-34-52-35-36-53-37-38-54-57-55-39-10-7-8-11-40(39)56-57/h7-8,10-11H,2-6,9,12-38H2,1H3. The van der Waals surface area contributed by atoms with Crippen molar-refractivity contribution in [1.82, 2.24) is 0 Å². The summed E-state index contributed by atoms with van der Waals surface area (Å²) in [7, 11) is -1.39. The molecule has 0 unspecified atom stereocenters. The third kappa shape index (κ3) is 35.2. The SMILES string of the molecule is CCCCCCCCOCCOCCOCCOCCOCCOCCOCCOCCOCCOCCOCCOCCOCCOP1Oc2ccccc2O1. The maximum atomic E-state index is 5.59. The molecule has 0 saturated carbocycles. The summed E-state index contributed by atoms with van der Waals surface area (Å²) in [6.07, 6.45) is 7.66. The van der Waals surface area contributed by atoms with Gasteiger partial charge in [-0.3, -0.25) is 4.52 Å². The van der Waals surface area contributed by atoms with Gasteiger partial charge < -0.3 is 70.6 Å². The third-order valence-electron chi connectivity index (χ3n) is 7.73. The summed E-state index contributed by atoms with van der Waals surface area (Å²) in [4.78, 5) is 0. The van der Waals surface area contributed by atoms with Gasteiger partial charge in [0.2, 0.25) is 0 Å². The number of para-hydroxylation sites is 2. The fraction of sp³-hybridized carbons (Fsp3) is 0.850. The minimum Gasteiger partial charge on any atom is -0.414 e. The molecule has 0 aliphatic carbocycles. The van der Waals surface area contributed by atoms with E-state index in [-0.39, 0.29) is 0 Å². The molecule has 1 aliphatic rings. The van der Waals surface area contributed by atoms with Gasteiger partial charge in [0.1, 0.15) is 0 Å². The van der Waals surface area contributed by atoms with E-state index in [1.54, 1.807) is 0 Å². The number of unbranched alkanes of at least 4 members (excludes halogenated alkanes) is 5. The van der Waals surface area contributed by atoms with Crippen LogP contribution in [0.1, 0.15) is 45.4 Å². The largest absolute Gasteiger partial charge is 0.463 e. The Bertz CT molecular complexity index is 930. The lowest BCUT2D eigenvalue weighted by Gasteiger charge is -2.09. The normalized spacial score (nSPS) is 12.6. The lowest BCUT2D eigenvalue weighted by atomic mass is 10.1. The molecule has 1 aromatic rings. The van der Waals surface area contributed by atoms with Crippen LogP contribution in [-0.2, 0) is 66.1 Å². The molecule has 334 valence electrons. The summed E-state index contributed by atoms with van der Waals surface area (Å²) >= 11 is 0. The van der Waals surface area contributed by atoms with Gasteiger partial charge in [0.15, 0.2) is 11.5 Å². The number of benzene rings is 1. The van der Waals surface area contributed by atoms with Crippen LogP contribution in [0.3, 0.4) is 0 Å². The second kappa shape index (κ2) is 42.8. The molecule has 1 aliphatic heterocycles. The van der Waals surface area contributed by atoms with Crippen LogP contribution in [0.15, 0.2) is 24.3 Å². The smallest absolute Gasteiger partial charge is 0.414 e. The zero-order chi connectivity index (χ0) is 40.2. The van der Waals surface area contributed by atoms with Crippen molar-refractivity contribution in [3.63, 3.8) is 0 Å². The van der Waals surface area contributed by atoms with Gasteiger partial charge in [-0.25, -0.2) is 0 Å². The Kier molecular flexibility index (Phi) is 38.9. The van der Waals surface area contributed by atoms with E-state index in [0.717, 1.165) is 13.0 Å². The Morgan fingerprint density at radius 1 is 0.316 bits per heavy atom. The van der Waals surface area contributed by atoms with Crippen LogP contribution in [-0.4, -0.2) is 178 Å². The highest BCUT2D eigenvalue weighted by molar-refractivity contribution is 7.43. The summed E-state index contributed by atoms with van der Waals surface area (Å²) in [5, 5.41) is 0. The van der Waals surface area contributed by atoms with E-state index >= 15 is 0 Å². The summed E-state index contributed by atoms with van der Waals surface area (Å²) in [5.74, 6) is 1.42. The topological polar surface area (TPSA) is 148 Å². The molecular formula is C40H73O16P. The lowest BCUT2D eigenvalue weighted by molar-refractivity contribution is -0.0292. The fourth-order valence-electron chi connectivity index (χ4n) is 4.73. The molecule has 2 rings (SSSR count). The zero-order valence-electron chi connectivity index (χ0n) is 34.6. The van der Waals surface area contributed by atoms with Crippen molar-refractivity contribution >= 4 is 8.60 Å². The van der Waals surface area contributed by atoms with E-state index in [9.17, 15) is 0 Å². The van der Waals surface area contributed by atoms with Gasteiger partial charge in [-0.2, -0.15) is 0 Å². The molecule has 0 aromatic heterocycles. The molecule has 17 heteroatoms. The predicted octanol–water partition coefficient (Wildman–Crippen LogP) is 5.28. The van der Waals surface area contributed by atoms with Crippen LogP contribution in [0.5, 0.6) is 11.5 Å². The highest BCUT2D eigenvalue weighted by atomic mass is 31.2. The van der Waals surface area contributed by atoms with E-state index in [2.05, 4.69) is 6.92 Å². The Labute approximate surface area is 342 Å². The van der Waals surface area contributed by atoms with Crippen molar-refractivity contribution < 1.29 is 75.2 Å². The predicted molar refractivity (Wildman–Crippen MR) is 215 cm³/mol. The molecule has 0 bridgehead atoms. The van der Waals surface area contributed by atoms with E-state index < -0.39 is 8.60 Å². The molecule has 57 heavy (non-hydrogen) atoms. The Morgan fingerprint density at radius 3 is 0.860 bits per heavy atom. The van der Waals surface area contributed by atoms with Gasteiger partial charge in [-0.15, -0.1) is 0 Å². The van der Waals surface area contributed by atoms with Gasteiger partial charge in [0, 0.05) is 6.61 Å². The minimum atomic E-state index is -1.39. The zero-order valence-corrected chi connectivity index (χ0v) is 35.5. The van der Waals surface area contributed by atoms with Crippen LogP contribution in [0.2, 0.25) is 0 Å². The average molecular weight is 841 g/mol. The fourth-order valence-corrected chi connectivity index (χ4v) is 5.72. The first-order valence-electron chi connectivity index (χ1n) is 20.8. The molecular weight excluding hydrogens is 767 g/mol. The average Bonchev–Trinajstić information content (AvgIpc) is 3.65. The molecule has 0 radical (unpaired) electrons. The third-order valence-corrected chi connectivity index (χ3v) is 8.81. The van der Waals surface area contributed by atoms with Crippen molar-refractivity contribution in [1.29, 1.82) is 0 Å². The Morgan fingerprint density at radius 2 is 0.561 bits per heavy atom. The van der Waals surface area contributed by atoms with Crippen LogP contribution in [0.4, 0.5) is 0 Å². The molecule has 0 spiro atoms. The molecule has 1 heterocycles. The molecule has 0 N–H and O–H groups in total. The first kappa shape index (κ1) is 51.8. The van der Waals surface area contributed by atoms with Crippen molar-refractivity contribution in [2.24, 2.45) is 0 Å². The van der Waals surface area contributed by atoms with Crippen LogP contribution >= 0.6 is 8.60 Å². The first-order chi connectivity index (χ1) is 28.4. The van der Waals surface area contributed by atoms with Gasteiger partial charge in [-0.1, -0.05) is 51.2 Å². The monoisotopic (exact) mass is 840 g/mol. The summed E-state index contributed by atoms with van der Waals surface area (Å²) in [5.41, 5.74) is 0. The first-order valence-corrected chi connectivity index (χ1v) is 21.9. The second-order valence-corrected chi connectivity index (χ2v) is 13.5. The number of ether oxygens (including phenoxy) is 13. The quantitative estimate of drug-likeness (QED) is 0.0619. The van der Waals surface area contributed by atoms with Gasteiger partial charge in [-0.05, 0) is 18.6 Å². The summed E-state index contributed by atoms with van der Waals surface area (Å²) in [6, 6.07) is 7.49. The number of hydrogen-bond acceptors (Lipinski definition) is 16. The van der Waals surface area contributed by atoms with Crippen LogP contribution in [0.25, 0.3) is 0 Å². The number of fused-ring (bicyclic) bond motifs is 1. The maximum Gasteiger partial charge on any atom is 0.463 e.